The van der Waals surface area contributed by atoms with E-state index in [1.165, 1.54) is 4.90 Å². The van der Waals surface area contributed by atoms with Crippen molar-refractivity contribution in [2.45, 2.75) is 18.0 Å². The van der Waals surface area contributed by atoms with Crippen LogP contribution in [-0.4, -0.2) is 35.5 Å². The van der Waals surface area contributed by atoms with Crippen LogP contribution in [-0.2, 0) is 26.3 Å². The molecule has 4 atom stereocenters. The van der Waals surface area contributed by atoms with E-state index in [0.717, 1.165) is 16.5 Å². The van der Waals surface area contributed by atoms with E-state index < -0.39 is 35.2 Å². The number of anilines is 2. The Bertz CT molecular complexity index is 1750. The zero-order valence-corrected chi connectivity index (χ0v) is 21.1. The van der Waals surface area contributed by atoms with Gasteiger partial charge >= 0.3 is 0 Å². The van der Waals surface area contributed by atoms with Gasteiger partial charge < -0.3 is 19.8 Å². The molecule has 1 spiro atoms. The summed E-state index contributed by atoms with van der Waals surface area (Å²) in [6.07, 6.45) is 2.35. The Balaban J connectivity index is 1.28. The molecule has 0 radical (unpaired) electrons. The number of benzene rings is 3. The summed E-state index contributed by atoms with van der Waals surface area (Å²) < 4.78 is 10.9. The van der Waals surface area contributed by atoms with Crippen molar-refractivity contribution in [2.24, 2.45) is 11.8 Å². The van der Waals surface area contributed by atoms with E-state index in [0.29, 0.717) is 39.9 Å². The Morgan fingerprint density at radius 3 is 2.72 bits per heavy atom. The summed E-state index contributed by atoms with van der Waals surface area (Å²) >= 11 is 6.47. The third-order valence-corrected chi connectivity index (χ3v) is 8.74. The molecule has 3 N–H and O–H groups in total. The first kappa shape index (κ1) is 22.6. The number of carbonyl (C=O) groups excluding carboxylic acids is 3. The van der Waals surface area contributed by atoms with Gasteiger partial charge in [-0.05, 0) is 36.2 Å². The molecule has 0 bridgehead atoms. The average Bonchev–Trinajstić information content (AvgIpc) is 3.73. The van der Waals surface area contributed by atoms with Gasteiger partial charge in [-0.15, -0.1) is 0 Å². The van der Waals surface area contributed by atoms with Crippen LogP contribution in [0.3, 0.4) is 0 Å². The first-order valence-corrected chi connectivity index (χ1v) is 13.1. The smallest absolute Gasteiger partial charge is 0.250 e. The molecule has 10 heteroatoms. The molecule has 0 unspecified atom stereocenters. The van der Waals surface area contributed by atoms with Gasteiger partial charge in [-0.1, -0.05) is 41.9 Å². The van der Waals surface area contributed by atoms with Crippen molar-refractivity contribution in [3.63, 3.8) is 0 Å². The highest BCUT2D eigenvalue weighted by atomic mass is 35.5. The standard InChI is InChI=1S/C29H21ClN4O5/c30-18-6-3-5-17-25(18)32-28(37)29(17)24-23(20(33-29)10-14-12-31-19-7-2-1-4-16(14)19)26(35)34(27(24)36)15-8-9-21-22(11-15)39-13-38-21/h1-9,11-12,20,23-24,31,33H,10,13H2,(H,32,37)/t20-,23+,24+,29-/m0/s1. The zero-order valence-electron chi connectivity index (χ0n) is 20.4. The number of para-hydroxylation sites is 2. The maximum Gasteiger partial charge on any atom is 0.250 e. The van der Waals surface area contributed by atoms with Crippen LogP contribution >= 0.6 is 11.6 Å². The van der Waals surface area contributed by atoms with Gasteiger partial charge in [0.1, 0.15) is 5.54 Å². The quantitative estimate of drug-likeness (QED) is 0.341. The highest BCUT2D eigenvalue weighted by molar-refractivity contribution is 6.35. The number of rotatable bonds is 3. The van der Waals surface area contributed by atoms with Crippen LogP contribution in [0.1, 0.15) is 11.1 Å². The lowest BCUT2D eigenvalue weighted by atomic mass is 9.76. The highest BCUT2D eigenvalue weighted by Gasteiger charge is 2.70. The Labute approximate surface area is 227 Å². The molecule has 8 rings (SSSR count). The van der Waals surface area contributed by atoms with Crippen LogP contribution in [0, 0.1) is 11.8 Å². The first-order valence-electron chi connectivity index (χ1n) is 12.7. The molecule has 3 amide bonds. The number of nitrogens with zero attached hydrogens (tertiary/aromatic N) is 1. The monoisotopic (exact) mass is 540 g/mol. The SMILES string of the molecule is O=C1[C@@H]2[C@H](Cc3c[nH]c4ccccc34)N[C@]3(C(=O)Nc4c(Cl)cccc43)[C@H]2C(=O)N1c1ccc2c(c1)OCO2. The molecule has 2 fully saturated rings. The van der Waals surface area contributed by atoms with Crippen molar-refractivity contribution in [1.29, 1.82) is 0 Å². The molecule has 4 aromatic rings. The molecule has 1 aromatic heterocycles. The summed E-state index contributed by atoms with van der Waals surface area (Å²) in [5, 5.41) is 7.77. The van der Waals surface area contributed by atoms with Crippen LogP contribution < -0.4 is 25.0 Å². The van der Waals surface area contributed by atoms with Crippen molar-refractivity contribution >= 4 is 51.6 Å². The van der Waals surface area contributed by atoms with E-state index in [1.807, 2.05) is 30.5 Å². The highest BCUT2D eigenvalue weighted by Crippen LogP contribution is 2.55. The lowest BCUT2D eigenvalue weighted by Crippen LogP contribution is -2.53. The third-order valence-electron chi connectivity index (χ3n) is 8.43. The molecular weight excluding hydrogens is 520 g/mol. The minimum absolute atomic E-state index is 0.0728. The number of aromatic nitrogens is 1. The maximum absolute atomic E-state index is 14.2. The Morgan fingerprint density at radius 2 is 1.82 bits per heavy atom. The van der Waals surface area contributed by atoms with E-state index in [9.17, 15) is 14.4 Å². The van der Waals surface area contributed by atoms with E-state index in [2.05, 4.69) is 15.6 Å². The van der Waals surface area contributed by atoms with Crippen LogP contribution in [0.2, 0.25) is 5.02 Å². The molecular formula is C29H21ClN4O5. The number of hydrogen-bond donors (Lipinski definition) is 3. The fourth-order valence-corrected chi connectivity index (χ4v) is 7.01. The van der Waals surface area contributed by atoms with Gasteiger partial charge in [0.25, 0.3) is 0 Å². The molecule has 194 valence electrons. The van der Waals surface area contributed by atoms with E-state index in [1.54, 1.807) is 36.4 Å². The second kappa shape index (κ2) is 7.84. The topological polar surface area (TPSA) is 113 Å². The number of fused-ring (bicyclic) bond motifs is 6. The fourth-order valence-electron chi connectivity index (χ4n) is 6.78. The zero-order chi connectivity index (χ0) is 26.5. The van der Waals surface area contributed by atoms with Crippen LogP contribution in [0.25, 0.3) is 10.9 Å². The largest absolute Gasteiger partial charge is 0.454 e. The lowest BCUT2D eigenvalue weighted by Gasteiger charge is -2.29. The fraction of sp³-hybridized carbons (Fsp3) is 0.207. The molecule has 9 nitrogen and oxygen atoms in total. The average molecular weight is 541 g/mol. The molecule has 5 heterocycles. The number of halogens is 1. The summed E-state index contributed by atoms with van der Waals surface area (Å²) in [6.45, 7) is 0.0728. The molecule has 4 aliphatic rings. The van der Waals surface area contributed by atoms with Gasteiger partial charge in [0.2, 0.25) is 24.5 Å². The minimum Gasteiger partial charge on any atom is -0.454 e. The lowest BCUT2D eigenvalue weighted by molar-refractivity contribution is -0.130. The van der Waals surface area contributed by atoms with Crippen LogP contribution in [0.15, 0.2) is 66.9 Å². The minimum atomic E-state index is -1.44. The molecule has 0 saturated carbocycles. The molecule has 39 heavy (non-hydrogen) atoms. The number of carbonyl (C=O) groups is 3. The predicted octanol–water partition coefficient (Wildman–Crippen LogP) is 3.72. The van der Waals surface area contributed by atoms with Crippen LogP contribution in [0.5, 0.6) is 11.5 Å². The normalized spacial score (nSPS) is 26.5. The van der Waals surface area contributed by atoms with Gasteiger partial charge in [0, 0.05) is 34.8 Å². The summed E-state index contributed by atoms with van der Waals surface area (Å²) in [5.74, 6) is -1.94. The summed E-state index contributed by atoms with van der Waals surface area (Å²) in [4.78, 5) is 46.7. The number of ether oxygens (including phenoxy) is 2. The third kappa shape index (κ3) is 2.91. The number of H-pyrrole nitrogens is 1. The number of aromatic amines is 1. The maximum atomic E-state index is 14.2. The van der Waals surface area contributed by atoms with Gasteiger partial charge in [-0.25, -0.2) is 4.90 Å². The van der Waals surface area contributed by atoms with Crippen molar-refractivity contribution in [2.75, 3.05) is 17.0 Å². The van der Waals surface area contributed by atoms with Gasteiger partial charge in [-0.2, -0.15) is 0 Å². The Kier molecular flexibility index (Phi) is 4.55. The van der Waals surface area contributed by atoms with Crippen LogP contribution in [0.4, 0.5) is 11.4 Å². The van der Waals surface area contributed by atoms with Gasteiger partial charge in [0.05, 0.1) is 28.2 Å². The first-order chi connectivity index (χ1) is 19.0. The van der Waals surface area contributed by atoms with E-state index >= 15 is 0 Å². The number of imide groups is 1. The number of amides is 3. The van der Waals surface area contributed by atoms with Crippen molar-refractivity contribution in [3.05, 3.63) is 83.0 Å². The molecule has 4 aliphatic heterocycles. The van der Waals surface area contributed by atoms with E-state index in [4.69, 9.17) is 21.1 Å². The molecule has 3 aromatic carbocycles. The number of hydrogen-bond acceptors (Lipinski definition) is 6. The molecule has 0 aliphatic carbocycles. The predicted molar refractivity (Wildman–Crippen MR) is 143 cm³/mol. The second-order valence-electron chi connectivity index (χ2n) is 10.3. The Morgan fingerprint density at radius 1 is 0.974 bits per heavy atom. The summed E-state index contributed by atoms with van der Waals surface area (Å²) in [6, 6.07) is 17.6. The summed E-state index contributed by atoms with van der Waals surface area (Å²) in [7, 11) is 0. The van der Waals surface area contributed by atoms with Crippen molar-refractivity contribution < 1.29 is 23.9 Å². The van der Waals surface area contributed by atoms with Crippen molar-refractivity contribution in [1.82, 2.24) is 10.3 Å². The molecule has 2 saturated heterocycles. The van der Waals surface area contributed by atoms with Gasteiger partial charge in [-0.3, -0.25) is 19.7 Å². The number of nitrogens with one attached hydrogen (secondary N) is 3. The van der Waals surface area contributed by atoms with Gasteiger partial charge in [0.15, 0.2) is 11.5 Å². The van der Waals surface area contributed by atoms with Crippen molar-refractivity contribution in [3.8, 4) is 11.5 Å². The second-order valence-corrected chi connectivity index (χ2v) is 10.7. The van der Waals surface area contributed by atoms with E-state index in [-0.39, 0.29) is 12.7 Å². The Hall–Kier alpha value is -4.34. The summed E-state index contributed by atoms with van der Waals surface area (Å²) in [5.41, 5.74) is 1.94.